The van der Waals surface area contributed by atoms with Crippen LogP contribution >= 0.6 is 0 Å². The van der Waals surface area contributed by atoms with Crippen LogP contribution in [0.2, 0.25) is 0 Å². The van der Waals surface area contributed by atoms with Crippen LogP contribution < -0.4 is 5.32 Å². The number of nitrogens with one attached hydrogen (secondary N) is 1. The van der Waals surface area contributed by atoms with Gasteiger partial charge in [-0.25, -0.2) is 0 Å². The molecule has 120 valence electrons. The van der Waals surface area contributed by atoms with E-state index < -0.39 is 0 Å². The van der Waals surface area contributed by atoms with Crippen LogP contribution in [0.5, 0.6) is 0 Å². The van der Waals surface area contributed by atoms with Gasteiger partial charge in [0.2, 0.25) is 0 Å². The monoisotopic (exact) mass is 289 g/mol. The van der Waals surface area contributed by atoms with Gasteiger partial charge in [0.15, 0.2) is 0 Å². The molecule has 0 radical (unpaired) electrons. The highest BCUT2D eigenvalue weighted by Gasteiger charge is 2.21. The third kappa shape index (κ3) is 6.65. The standard InChI is InChI=1S/C20H35N/c1-5-8-12-18(7-3)16-17(4)20(21-15-6-2)19-13-10-9-11-14-19/h9-11,13-14,17-18,20-21H,5-8,12,15-16H2,1-4H3. The van der Waals surface area contributed by atoms with Crippen LogP contribution in [0, 0.1) is 11.8 Å². The average molecular weight is 290 g/mol. The van der Waals surface area contributed by atoms with Gasteiger partial charge in [0.05, 0.1) is 0 Å². The van der Waals surface area contributed by atoms with Crippen molar-refractivity contribution in [2.45, 2.75) is 72.3 Å². The molecule has 1 nitrogen and oxygen atoms in total. The van der Waals surface area contributed by atoms with Gasteiger partial charge in [-0.1, -0.05) is 83.7 Å². The van der Waals surface area contributed by atoms with Gasteiger partial charge in [-0.15, -0.1) is 0 Å². The number of unbranched alkanes of at least 4 members (excludes halogenated alkanes) is 1. The minimum Gasteiger partial charge on any atom is -0.310 e. The summed E-state index contributed by atoms with van der Waals surface area (Å²) in [5, 5.41) is 3.77. The summed E-state index contributed by atoms with van der Waals surface area (Å²) in [6.45, 7) is 10.4. The van der Waals surface area contributed by atoms with Gasteiger partial charge in [-0.3, -0.25) is 0 Å². The van der Waals surface area contributed by atoms with Crippen molar-refractivity contribution in [2.24, 2.45) is 11.8 Å². The van der Waals surface area contributed by atoms with E-state index >= 15 is 0 Å². The Labute approximate surface area is 132 Å². The molecule has 0 fully saturated rings. The van der Waals surface area contributed by atoms with Crippen molar-refractivity contribution >= 4 is 0 Å². The summed E-state index contributed by atoms with van der Waals surface area (Å²) in [6, 6.07) is 11.5. The van der Waals surface area contributed by atoms with Crippen molar-refractivity contribution in [3.05, 3.63) is 35.9 Å². The summed E-state index contributed by atoms with van der Waals surface area (Å²) in [5.74, 6) is 1.58. The molecule has 0 amide bonds. The molecule has 1 rings (SSSR count). The fourth-order valence-corrected chi connectivity index (χ4v) is 3.25. The predicted octanol–water partition coefficient (Wildman–Crippen LogP) is 5.97. The first-order chi connectivity index (χ1) is 10.2. The van der Waals surface area contributed by atoms with Crippen molar-refractivity contribution in [1.82, 2.24) is 5.32 Å². The molecule has 1 heteroatoms. The number of hydrogen-bond donors (Lipinski definition) is 1. The zero-order chi connectivity index (χ0) is 15.5. The molecule has 0 bridgehead atoms. The zero-order valence-electron chi connectivity index (χ0n) is 14.6. The second-order valence-electron chi connectivity index (χ2n) is 6.47. The maximum absolute atomic E-state index is 3.77. The molecule has 0 heterocycles. The summed E-state index contributed by atoms with van der Waals surface area (Å²) >= 11 is 0. The van der Waals surface area contributed by atoms with Crippen LogP contribution in [0.25, 0.3) is 0 Å². The largest absolute Gasteiger partial charge is 0.310 e. The lowest BCUT2D eigenvalue weighted by Gasteiger charge is -2.29. The smallest absolute Gasteiger partial charge is 0.0346 e. The van der Waals surface area contributed by atoms with Gasteiger partial charge in [0.1, 0.15) is 0 Å². The normalized spacial score (nSPS) is 15.6. The highest BCUT2D eigenvalue weighted by Crippen LogP contribution is 2.30. The van der Waals surface area contributed by atoms with Gasteiger partial charge < -0.3 is 5.32 Å². The molecule has 1 aromatic carbocycles. The minimum atomic E-state index is 0.502. The zero-order valence-corrected chi connectivity index (χ0v) is 14.6. The average Bonchev–Trinajstić information content (AvgIpc) is 2.52. The Morgan fingerprint density at radius 3 is 2.29 bits per heavy atom. The third-order valence-electron chi connectivity index (χ3n) is 4.59. The van der Waals surface area contributed by atoms with Crippen molar-refractivity contribution < 1.29 is 0 Å². The molecule has 1 aromatic rings. The van der Waals surface area contributed by atoms with Crippen LogP contribution in [0.1, 0.15) is 77.8 Å². The van der Waals surface area contributed by atoms with E-state index in [2.05, 4.69) is 63.3 Å². The molecule has 0 saturated heterocycles. The first-order valence-corrected chi connectivity index (χ1v) is 9.01. The summed E-state index contributed by atoms with van der Waals surface area (Å²) in [4.78, 5) is 0. The Kier molecular flexibility index (Phi) is 9.41. The number of hydrogen-bond acceptors (Lipinski definition) is 1. The Morgan fingerprint density at radius 1 is 1.00 bits per heavy atom. The second kappa shape index (κ2) is 10.8. The fraction of sp³-hybridized carbons (Fsp3) is 0.700. The van der Waals surface area contributed by atoms with Crippen molar-refractivity contribution in [3.63, 3.8) is 0 Å². The molecule has 3 unspecified atom stereocenters. The predicted molar refractivity (Wildman–Crippen MR) is 94.6 cm³/mol. The van der Waals surface area contributed by atoms with Crippen molar-refractivity contribution in [3.8, 4) is 0 Å². The summed E-state index contributed by atoms with van der Waals surface area (Å²) in [7, 11) is 0. The van der Waals surface area contributed by atoms with Crippen LogP contribution in [-0.2, 0) is 0 Å². The molecule has 21 heavy (non-hydrogen) atoms. The van der Waals surface area contributed by atoms with E-state index in [0.717, 1.165) is 12.5 Å². The Balaban J connectivity index is 2.68. The SMILES string of the molecule is CCCCC(CC)CC(C)C(NCCC)c1ccccc1. The van der Waals surface area contributed by atoms with Gasteiger partial charge in [-0.05, 0) is 36.8 Å². The van der Waals surface area contributed by atoms with Crippen LogP contribution in [-0.4, -0.2) is 6.54 Å². The third-order valence-corrected chi connectivity index (χ3v) is 4.59. The molecule has 0 aliphatic heterocycles. The lowest BCUT2D eigenvalue weighted by Crippen LogP contribution is -2.29. The van der Waals surface area contributed by atoms with Gasteiger partial charge in [0, 0.05) is 6.04 Å². The molecule has 0 aromatic heterocycles. The van der Waals surface area contributed by atoms with Gasteiger partial charge in [0.25, 0.3) is 0 Å². The van der Waals surface area contributed by atoms with E-state index in [4.69, 9.17) is 0 Å². The number of rotatable bonds is 11. The molecule has 0 aliphatic rings. The molecule has 0 aliphatic carbocycles. The maximum atomic E-state index is 3.77. The van der Waals surface area contributed by atoms with E-state index in [9.17, 15) is 0 Å². The van der Waals surface area contributed by atoms with E-state index in [1.807, 2.05) is 0 Å². The Bertz CT molecular complexity index is 346. The molecule has 0 spiro atoms. The highest BCUT2D eigenvalue weighted by atomic mass is 14.9. The molecular formula is C20H35N. The topological polar surface area (TPSA) is 12.0 Å². The van der Waals surface area contributed by atoms with E-state index in [-0.39, 0.29) is 0 Å². The van der Waals surface area contributed by atoms with Crippen molar-refractivity contribution in [1.29, 1.82) is 0 Å². The van der Waals surface area contributed by atoms with E-state index in [1.165, 1.54) is 44.1 Å². The molecule has 0 saturated carbocycles. The van der Waals surface area contributed by atoms with Crippen LogP contribution in [0.15, 0.2) is 30.3 Å². The van der Waals surface area contributed by atoms with Crippen LogP contribution in [0.4, 0.5) is 0 Å². The Morgan fingerprint density at radius 2 is 1.71 bits per heavy atom. The molecule has 3 atom stereocenters. The first kappa shape index (κ1) is 18.2. The van der Waals surface area contributed by atoms with Crippen LogP contribution in [0.3, 0.4) is 0 Å². The van der Waals surface area contributed by atoms with Gasteiger partial charge >= 0.3 is 0 Å². The van der Waals surface area contributed by atoms with Gasteiger partial charge in [-0.2, -0.15) is 0 Å². The fourth-order valence-electron chi connectivity index (χ4n) is 3.25. The first-order valence-electron chi connectivity index (χ1n) is 9.01. The number of benzene rings is 1. The van der Waals surface area contributed by atoms with Crippen molar-refractivity contribution in [2.75, 3.05) is 6.54 Å². The summed E-state index contributed by atoms with van der Waals surface area (Å²) in [6.07, 6.45) is 7.95. The lowest BCUT2D eigenvalue weighted by atomic mass is 9.83. The van der Waals surface area contributed by atoms with E-state index in [1.54, 1.807) is 0 Å². The minimum absolute atomic E-state index is 0.502. The Hall–Kier alpha value is -0.820. The molecular weight excluding hydrogens is 254 g/mol. The maximum Gasteiger partial charge on any atom is 0.0346 e. The quantitative estimate of drug-likeness (QED) is 0.529. The van der Waals surface area contributed by atoms with E-state index in [0.29, 0.717) is 12.0 Å². The summed E-state index contributed by atoms with van der Waals surface area (Å²) in [5.41, 5.74) is 1.45. The molecule has 1 N–H and O–H groups in total. The summed E-state index contributed by atoms with van der Waals surface area (Å²) < 4.78 is 0. The second-order valence-corrected chi connectivity index (χ2v) is 6.47. The lowest BCUT2D eigenvalue weighted by molar-refractivity contribution is 0.289. The highest BCUT2D eigenvalue weighted by molar-refractivity contribution is 5.19.